The number of nitro benzene ring substituents is 1. The van der Waals surface area contributed by atoms with Crippen LogP contribution in [0.4, 0.5) is 5.69 Å². The molecule has 0 aliphatic carbocycles. The van der Waals surface area contributed by atoms with Crippen LogP contribution in [0.15, 0.2) is 42.5 Å². The van der Waals surface area contributed by atoms with E-state index in [0.29, 0.717) is 5.75 Å². The van der Waals surface area contributed by atoms with E-state index in [-0.39, 0.29) is 12.3 Å². The number of aliphatic hydroxyl groups is 1. The molecule has 1 N–H and O–H groups in total. The molecule has 0 aliphatic rings. The Labute approximate surface area is 123 Å². The smallest absolute Gasteiger partial charge is 0.269 e. The van der Waals surface area contributed by atoms with Crippen molar-refractivity contribution in [1.82, 2.24) is 0 Å². The molecule has 0 aromatic heterocycles. The molecule has 1 atom stereocenters. The van der Waals surface area contributed by atoms with Gasteiger partial charge in [0.1, 0.15) is 12.4 Å². The summed E-state index contributed by atoms with van der Waals surface area (Å²) in [7, 11) is 0. The highest BCUT2D eigenvalue weighted by Gasteiger charge is 2.08. The number of rotatable bonds is 5. The van der Waals surface area contributed by atoms with Gasteiger partial charge in [-0.05, 0) is 42.7 Å². The maximum absolute atomic E-state index is 10.7. The maximum Gasteiger partial charge on any atom is 0.269 e. The maximum atomic E-state index is 10.7. The lowest BCUT2D eigenvalue weighted by Crippen LogP contribution is -1.99. The van der Waals surface area contributed by atoms with Gasteiger partial charge in [0.2, 0.25) is 0 Å². The van der Waals surface area contributed by atoms with Crippen LogP contribution in [0.3, 0.4) is 0 Å². The minimum absolute atomic E-state index is 0.0530. The van der Waals surface area contributed by atoms with E-state index in [1.807, 2.05) is 13.0 Å². The van der Waals surface area contributed by atoms with Crippen molar-refractivity contribution in [3.05, 3.63) is 69.3 Å². The summed E-state index contributed by atoms with van der Waals surface area (Å²) in [6, 6.07) is 11.8. The standard InChI is InChI=1S/C16H17NO4/c1-11-8-14(12(2)18)6-7-16(11)21-10-13-4-3-5-15(9-13)17(19)20/h3-9,12,18H,10H2,1-2H3/t12-/m1/s1. The Hall–Kier alpha value is -2.40. The second-order valence-corrected chi connectivity index (χ2v) is 4.92. The average Bonchev–Trinajstić information content (AvgIpc) is 2.46. The molecule has 0 saturated heterocycles. The largest absolute Gasteiger partial charge is 0.489 e. The van der Waals surface area contributed by atoms with Gasteiger partial charge in [-0.1, -0.05) is 18.2 Å². The van der Waals surface area contributed by atoms with Crippen LogP contribution < -0.4 is 4.74 Å². The lowest BCUT2D eigenvalue weighted by molar-refractivity contribution is -0.384. The third-order valence-electron chi connectivity index (χ3n) is 3.20. The van der Waals surface area contributed by atoms with Gasteiger partial charge in [-0.3, -0.25) is 10.1 Å². The third kappa shape index (κ3) is 3.79. The van der Waals surface area contributed by atoms with Crippen LogP contribution in [-0.2, 0) is 6.61 Å². The van der Waals surface area contributed by atoms with Crippen molar-refractivity contribution in [1.29, 1.82) is 0 Å². The molecule has 0 aliphatic heterocycles. The highest BCUT2D eigenvalue weighted by atomic mass is 16.6. The Kier molecular flexibility index (Phi) is 4.55. The summed E-state index contributed by atoms with van der Waals surface area (Å²) >= 11 is 0. The Morgan fingerprint density at radius 2 is 2.05 bits per heavy atom. The first-order chi connectivity index (χ1) is 9.97. The highest BCUT2D eigenvalue weighted by Crippen LogP contribution is 2.24. The van der Waals surface area contributed by atoms with Gasteiger partial charge < -0.3 is 9.84 Å². The van der Waals surface area contributed by atoms with E-state index in [9.17, 15) is 15.2 Å². The van der Waals surface area contributed by atoms with Gasteiger partial charge in [0.25, 0.3) is 5.69 Å². The highest BCUT2D eigenvalue weighted by molar-refractivity contribution is 5.38. The van der Waals surface area contributed by atoms with E-state index >= 15 is 0 Å². The summed E-state index contributed by atoms with van der Waals surface area (Å²) in [5.41, 5.74) is 2.54. The molecule has 5 heteroatoms. The van der Waals surface area contributed by atoms with E-state index in [1.54, 1.807) is 31.2 Å². The number of hydrogen-bond donors (Lipinski definition) is 1. The van der Waals surface area contributed by atoms with Crippen molar-refractivity contribution in [2.24, 2.45) is 0 Å². The summed E-state index contributed by atoms with van der Waals surface area (Å²) in [6.45, 7) is 3.86. The van der Waals surface area contributed by atoms with E-state index in [1.165, 1.54) is 12.1 Å². The fraction of sp³-hybridized carbons (Fsp3) is 0.250. The molecule has 21 heavy (non-hydrogen) atoms. The van der Waals surface area contributed by atoms with Crippen LogP contribution in [0.1, 0.15) is 29.7 Å². The second-order valence-electron chi connectivity index (χ2n) is 4.92. The summed E-state index contributed by atoms with van der Waals surface area (Å²) in [6.07, 6.45) is -0.519. The van der Waals surface area contributed by atoms with Crippen molar-refractivity contribution < 1.29 is 14.8 Å². The number of non-ortho nitro benzene ring substituents is 1. The Morgan fingerprint density at radius 1 is 1.29 bits per heavy atom. The van der Waals surface area contributed by atoms with Gasteiger partial charge >= 0.3 is 0 Å². The first kappa shape index (κ1) is 15.0. The number of nitrogens with zero attached hydrogens (tertiary/aromatic N) is 1. The average molecular weight is 287 g/mol. The summed E-state index contributed by atoms with van der Waals surface area (Å²) < 4.78 is 5.69. The summed E-state index contributed by atoms with van der Waals surface area (Å²) in [5.74, 6) is 0.700. The lowest BCUT2D eigenvalue weighted by Gasteiger charge is -2.12. The van der Waals surface area contributed by atoms with Crippen LogP contribution in [0.25, 0.3) is 0 Å². The molecule has 0 heterocycles. The van der Waals surface area contributed by atoms with Crippen molar-refractivity contribution >= 4 is 5.69 Å². The number of benzene rings is 2. The first-order valence-corrected chi connectivity index (χ1v) is 6.62. The topological polar surface area (TPSA) is 72.6 Å². The number of aliphatic hydroxyl groups excluding tert-OH is 1. The van der Waals surface area contributed by atoms with Crippen LogP contribution in [-0.4, -0.2) is 10.0 Å². The summed E-state index contributed by atoms with van der Waals surface area (Å²) in [4.78, 5) is 10.3. The van der Waals surface area contributed by atoms with E-state index in [2.05, 4.69) is 0 Å². The molecular formula is C16H17NO4. The Morgan fingerprint density at radius 3 is 2.67 bits per heavy atom. The zero-order chi connectivity index (χ0) is 15.4. The lowest BCUT2D eigenvalue weighted by atomic mass is 10.1. The molecule has 0 fully saturated rings. The fourth-order valence-corrected chi connectivity index (χ4v) is 2.02. The van der Waals surface area contributed by atoms with Crippen molar-refractivity contribution in [2.45, 2.75) is 26.6 Å². The molecule has 0 bridgehead atoms. The van der Waals surface area contributed by atoms with Crippen molar-refractivity contribution in [2.75, 3.05) is 0 Å². The zero-order valence-corrected chi connectivity index (χ0v) is 11.9. The second kappa shape index (κ2) is 6.37. The van der Waals surface area contributed by atoms with Crippen LogP contribution in [0, 0.1) is 17.0 Å². The van der Waals surface area contributed by atoms with Gasteiger partial charge in [0.15, 0.2) is 0 Å². The third-order valence-corrected chi connectivity index (χ3v) is 3.20. The molecule has 110 valence electrons. The molecule has 0 saturated carbocycles. The molecule has 0 radical (unpaired) electrons. The fourth-order valence-electron chi connectivity index (χ4n) is 2.02. The normalized spacial score (nSPS) is 12.0. The van der Waals surface area contributed by atoms with Gasteiger partial charge in [0.05, 0.1) is 11.0 Å². The van der Waals surface area contributed by atoms with Gasteiger partial charge in [-0.25, -0.2) is 0 Å². The number of ether oxygens (including phenoxy) is 1. The minimum Gasteiger partial charge on any atom is -0.489 e. The van der Waals surface area contributed by atoms with Gasteiger partial charge in [-0.15, -0.1) is 0 Å². The molecule has 2 rings (SSSR count). The Balaban J connectivity index is 2.09. The summed E-state index contributed by atoms with van der Waals surface area (Å²) in [5, 5.41) is 20.2. The van der Waals surface area contributed by atoms with Gasteiger partial charge in [0, 0.05) is 12.1 Å². The predicted octanol–water partition coefficient (Wildman–Crippen LogP) is 3.54. The van der Waals surface area contributed by atoms with Crippen LogP contribution in [0.2, 0.25) is 0 Å². The molecule has 0 spiro atoms. The first-order valence-electron chi connectivity index (χ1n) is 6.62. The molecule has 5 nitrogen and oxygen atoms in total. The monoisotopic (exact) mass is 287 g/mol. The van der Waals surface area contributed by atoms with Gasteiger partial charge in [-0.2, -0.15) is 0 Å². The quantitative estimate of drug-likeness (QED) is 0.674. The van der Waals surface area contributed by atoms with Crippen LogP contribution >= 0.6 is 0 Å². The number of hydrogen-bond acceptors (Lipinski definition) is 4. The number of aryl methyl sites for hydroxylation is 1. The predicted molar refractivity (Wildman–Crippen MR) is 79.2 cm³/mol. The Bertz CT molecular complexity index is 652. The van der Waals surface area contributed by atoms with Crippen molar-refractivity contribution in [3.63, 3.8) is 0 Å². The van der Waals surface area contributed by atoms with E-state index < -0.39 is 11.0 Å². The molecular weight excluding hydrogens is 270 g/mol. The molecule has 2 aromatic rings. The zero-order valence-electron chi connectivity index (χ0n) is 11.9. The molecule has 0 amide bonds. The van der Waals surface area contributed by atoms with Crippen LogP contribution in [0.5, 0.6) is 5.75 Å². The van der Waals surface area contributed by atoms with Crippen molar-refractivity contribution in [3.8, 4) is 5.75 Å². The number of nitro groups is 1. The molecule has 0 unspecified atom stereocenters. The van der Waals surface area contributed by atoms with E-state index in [4.69, 9.17) is 4.74 Å². The minimum atomic E-state index is -0.519. The van der Waals surface area contributed by atoms with E-state index in [0.717, 1.165) is 16.7 Å². The SMILES string of the molecule is Cc1cc([C@@H](C)O)ccc1OCc1cccc([N+](=O)[O-])c1. The molecule has 2 aromatic carbocycles.